The minimum Gasteiger partial charge on any atom is -0.349 e. The summed E-state index contributed by atoms with van der Waals surface area (Å²) < 4.78 is 55.0. The lowest BCUT2D eigenvalue weighted by Crippen LogP contribution is -2.33. The van der Waals surface area contributed by atoms with Crippen molar-refractivity contribution >= 4 is 16.6 Å². The zero-order chi connectivity index (χ0) is 22.3. The van der Waals surface area contributed by atoms with Crippen LogP contribution in [0.1, 0.15) is 22.7 Å². The molecular weight excluding hydrogens is 410 g/mol. The lowest BCUT2D eigenvalue weighted by Gasteiger charge is -2.30. The number of nitriles is 2. The molecule has 0 fully saturated rings. The molecule has 31 heavy (non-hydrogen) atoms. The number of benzene rings is 2. The minimum atomic E-state index is -4.87. The minimum absolute atomic E-state index is 0.0725. The molecule has 4 rings (SSSR count). The van der Waals surface area contributed by atoms with Gasteiger partial charge in [-0.05, 0) is 54.4 Å². The monoisotopic (exact) mass is 423 g/mol. The van der Waals surface area contributed by atoms with Crippen LogP contribution in [-0.2, 0) is 0 Å². The molecule has 1 unspecified atom stereocenters. The number of aromatic amines is 1. The van der Waals surface area contributed by atoms with Gasteiger partial charge in [-0.2, -0.15) is 28.8 Å². The molecule has 2 aromatic carbocycles. The van der Waals surface area contributed by atoms with Crippen LogP contribution in [0.5, 0.6) is 0 Å². The van der Waals surface area contributed by atoms with Crippen molar-refractivity contribution in [2.45, 2.75) is 19.0 Å². The molecule has 0 bridgehead atoms. The number of dihydropyridines is 1. The highest BCUT2D eigenvalue weighted by Crippen LogP contribution is 2.44. The Morgan fingerprint density at radius 2 is 1.68 bits per heavy atom. The van der Waals surface area contributed by atoms with Crippen molar-refractivity contribution in [3.63, 3.8) is 0 Å². The average Bonchev–Trinajstić information content (AvgIpc) is 3.12. The third-order valence-corrected chi connectivity index (χ3v) is 5.13. The van der Waals surface area contributed by atoms with E-state index in [0.29, 0.717) is 22.2 Å². The van der Waals surface area contributed by atoms with Crippen LogP contribution >= 0.6 is 0 Å². The Morgan fingerprint density at radius 1 is 1.00 bits per heavy atom. The Balaban J connectivity index is 2.02. The Labute approximate surface area is 173 Å². The molecule has 0 aliphatic carbocycles. The molecule has 1 aliphatic rings. The largest absolute Gasteiger partial charge is 0.432 e. The molecule has 1 aromatic heterocycles. The molecule has 5 nitrogen and oxygen atoms in total. The molecule has 1 aliphatic heterocycles. The predicted molar refractivity (Wildman–Crippen MR) is 104 cm³/mol. The summed E-state index contributed by atoms with van der Waals surface area (Å²) in [5.74, 6) is -1.83. The van der Waals surface area contributed by atoms with E-state index in [9.17, 15) is 28.1 Å². The van der Waals surface area contributed by atoms with Gasteiger partial charge in [0.05, 0.1) is 46.1 Å². The molecule has 0 radical (unpaired) electrons. The molecule has 3 aromatic rings. The number of nitrogens with zero attached hydrogens (tertiary/aromatic N) is 3. The maximum atomic E-state index is 13.9. The number of nitrogens with one attached hydrogen (secondary N) is 2. The predicted octanol–water partition coefficient (Wildman–Crippen LogP) is 4.97. The summed E-state index contributed by atoms with van der Waals surface area (Å²) >= 11 is 0. The van der Waals surface area contributed by atoms with Gasteiger partial charge in [0.15, 0.2) is 0 Å². The van der Waals surface area contributed by atoms with E-state index in [1.165, 1.54) is 12.1 Å². The van der Waals surface area contributed by atoms with E-state index >= 15 is 0 Å². The fourth-order valence-electron chi connectivity index (χ4n) is 3.68. The maximum absolute atomic E-state index is 13.9. The van der Waals surface area contributed by atoms with E-state index in [2.05, 4.69) is 15.5 Å². The summed E-state index contributed by atoms with van der Waals surface area (Å²) in [4.78, 5) is 0. The van der Waals surface area contributed by atoms with Crippen LogP contribution in [0.25, 0.3) is 16.6 Å². The summed E-state index contributed by atoms with van der Waals surface area (Å²) in [5.41, 5.74) is -0.215. The van der Waals surface area contributed by atoms with E-state index in [0.717, 1.165) is 12.1 Å². The lowest BCUT2D eigenvalue weighted by molar-refractivity contribution is -0.0962. The lowest BCUT2D eigenvalue weighted by atomic mass is 9.79. The summed E-state index contributed by atoms with van der Waals surface area (Å²) in [6.07, 6.45) is -4.87. The van der Waals surface area contributed by atoms with Gasteiger partial charge in [0.1, 0.15) is 11.5 Å². The molecule has 154 valence electrons. The molecule has 0 amide bonds. The number of H-pyrrole nitrogens is 1. The third-order valence-electron chi connectivity index (χ3n) is 5.13. The molecule has 0 saturated heterocycles. The number of rotatable bonds is 2. The second-order valence-corrected chi connectivity index (χ2v) is 6.98. The van der Waals surface area contributed by atoms with Crippen LogP contribution in [0, 0.1) is 35.4 Å². The van der Waals surface area contributed by atoms with Crippen LogP contribution in [0.4, 0.5) is 17.6 Å². The van der Waals surface area contributed by atoms with Gasteiger partial charge in [-0.1, -0.05) is 6.07 Å². The number of aromatic nitrogens is 2. The van der Waals surface area contributed by atoms with E-state index in [1.807, 2.05) is 6.07 Å². The SMILES string of the molecule is Cc1n[nH]c2ccc(C3C(C#N)=C(c4ccc(F)cc4)NC(C(F)(F)F)=C3C#N)cc12. The van der Waals surface area contributed by atoms with E-state index in [1.54, 1.807) is 31.2 Å². The first-order valence-electron chi connectivity index (χ1n) is 9.08. The van der Waals surface area contributed by atoms with Gasteiger partial charge >= 0.3 is 6.18 Å². The van der Waals surface area contributed by atoms with Crippen molar-refractivity contribution in [3.05, 3.63) is 81.9 Å². The molecule has 0 spiro atoms. The van der Waals surface area contributed by atoms with Gasteiger partial charge in [-0.15, -0.1) is 0 Å². The number of hydrogen-bond donors (Lipinski definition) is 2. The molecule has 1 atom stereocenters. The summed E-state index contributed by atoms with van der Waals surface area (Å²) in [6, 6.07) is 13.1. The van der Waals surface area contributed by atoms with Crippen LogP contribution in [0.3, 0.4) is 0 Å². The maximum Gasteiger partial charge on any atom is 0.432 e. The first-order valence-corrected chi connectivity index (χ1v) is 9.08. The zero-order valence-electron chi connectivity index (χ0n) is 16.0. The quantitative estimate of drug-likeness (QED) is 0.570. The van der Waals surface area contributed by atoms with Gasteiger partial charge in [-0.25, -0.2) is 4.39 Å². The summed E-state index contributed by atoms with van der Waals surface area (Å²) in [6.45, 7) is 1.73. The van der Waals surface area contributed by atoms with Crippen molar-refractivity contribution in [3.8, 4) is 12.1 Å². The van der Waals surface area contributed by atoms with Gasteiger partial charge in [0, 0.05) is 5.39 Å². The van der Waals surface area contributed by atoms with Crippen molar-refractivity contribution in [1.82, 2.24) is 15.5 Å². The molecule has 0 saturated carbocycles. The highest BCUT2D eigenvalue weighted by molar-refractivity contribution is 5.84. The number of fused-ring (bicyclic) bond motifs is 1. The fraction of sp³-hybridized carbons (Fsp3) is 0.136. The van der Waals surface area contributed by atoms with Gasteiger partial charge in [-0.3, -0.25) is 5.10 Å². The van der Waals surface area contributed by atoms with Gasteiger partial charge < -0.3 is 5.32 Å². The first-order chi connectivity index (χ1) is 14.7. The number of aryl methyl sites for hydroxylation is 1. The second-order valence-electron chi connectivity index (χ2n) is 6.98. The van der Waals surface area contributed by atoms with Gasteiger partial charge in [0.25, 0.3) is 0 Å². The summed E-state index contributed by atoms with van der Waals surface area (Å²) in [5, 5.41) is 29.3. The Bertz CT molecular complexity index is 1330. The van der Waals surface area contributed by atoms with Crippen LogP contribution in [0.2, 0.25) is 0 Å². The smallest absolute Gasteiger partial charge is 0.349 e. The van der Waals surface area contributed by atoms with Crippen LogP contribution in [-0.4, -0.2) is 16.4 Å². The number of hydrogen-bond acceptors (Lipinski definition) is 4. The van der Waals surface area contributed by atoms with Gasteiger partial charge in [0.2, 0.25) is 0 Å². The Hall–Kier alpha value is -4.11. The van der Waals surface area contributed by atoms with E-state index < -0.39 is 29.2 Å². The number of alkyl halides is 3. The highest BCUT2D eigenvalue weighted by atomic mass is 19.4. The van der Waals surface area contributed by atoms with Crippen molar-refractivity contribution < 1.29 is 17.6 Å². The zero-order valence-corrected chi connectivity index (χ0v) is 16.0. The van der Waals surface area contributed by atoms with Crippen molar-refractivity contribution in [2.75, 3.05) is 0 Å². The first kappa shape index (κ1) is 20.2. The topological polar surface area (TPSA) is 88.3 Å². The Kier molecular flexibility index (Phi) is 4.75. The normalized spacial score (nSPS) is 16.8. The molecule has 2 heterocycles. The van der Waals surface area contributed by atoms with Crippen LogP contribution in [0.15, 0.2) is 59.3 Å². The molecular formula is C22H13F4N5. The summed E-state index contributed by atoms with van der Waals surface area (Å²) in [7, 11) is 0. The molecule has 2 N–H and O–H groups in total. The van der Waals surface area contributed by atoms with Crippen LogP contribution < -0.4 is 5.32 Å². The number of halogens is 4. The Morgan fingerprint density at radius 3 is 2.29 bits per heavy atom. The third kappa shape index (κ3) is 3.40. The highest BCUT2D eigenvalue weighted by Gasteiger charge is 2.44. The fourth-order valence-corrected chi connectivity index (χ4v) is 3.68. The van der Waals surface area contributed by atoms with Crippen molar-refractivity contribution in [1.29, 1.82) is 10.5 Å². The number of allylic oxidation sites excluding steroid dienone is 3. The standard InChI is InChI=1S/C22H13F4N5/c1-11-15-8-13(4-7-18(15)31-30-11)19-16(9-27)20(12-2-5-14(23)6-3-12)29-21(17(19)10-28)22(24,25)26/h2-8,19,29H,1H3,(H,30,31). The van der Waals surface area contributed by atoms with E-state index in [-0.39, 0.29) is 16.8 Å². The second kappa shape index (κ2) is 7.29. The molecule has 9 heteroatoms. The van der Waals surface area contributed by atoms with E-state index in [4.69, 9.17) is 0 Å². The average molecular weight is 423 g/mol. The van der Waals surface area contributed by atoms with Crippen molar-refractivity contribution in [2.24, 2.45) is 0 Å².